The Morgan fingerprint density at radius 2 is 1.67 bits per heavy atom. The average Bonchev–Trinajstić information content (AvgIpc) is 2.29. The third-order valence-electron chi connectivity index (χ3n) is 2.68. The lowest BCUT2D eigenvalue weighted by Gasteiger charge is -2.36. The van der Waals surface area contributed by atoms with Crippen molar-refractivity contribution in [3.8, 4) is 6.07 Å². The van der Waals surface area contributed by atoms with E-state index in [0.717, 1.165) is 32.7 Å². The molecule has 1 aliphatic heterocycles. The van der Waals surface area contributed by atoms with Crippen LogP contribution in [0.3, 0.4) is 0 Å². The van der Waals surface area contributed by atoms with Crippen molar-refractivity contribution < 1.29 is 0 Å². The quantitative estimate of drug-likeness (QED) is 0.715. The highest BCUT2D eigenvalue weighted by atomic mass is 15.3. The lowest BCUT2D eigenvalue weighted by Crippen LogP contribution is -2.48. The van der Waals surface area contributed by atoms with E-state index in [2.05, 4.69) is 29.7 Å². The van der Waals surface area contributed by atoms with E-state index in [-0.39, 0.29) is 0 Å². The van der Waals surface area contributed by atoms with Crippen molar-refractivity contribution in [3.63, 3.8) is 0 Å². The molecule has 0 radical (unpaired) electrons. The van der Waals surface area contributed by atoms with Crippen LogP contribution in [0.2, 0.25) is 0 Å². The zero-order valence-corrected chi connectivity index (χ0v) is 10.7. The molecule has 1 rings (SSSR count). The molecular formula is C12H25N3. The predicted octanol–water partition coefficient (Wildman–Crippen LogP) is 1.95. The first-order valence-electron chi connectivity index (χ1n) is 6.07. The van der Waals surface area contributed by atoms with Crippen LogP contribution in [0, 0.1) is 11.3 Å². The van der Waals surface area contributed by atoms with E-state index in [0.29, 0.717) is 12.5 Å². The van der Waals surface area contributed by atoms with E-state index in [4.69, 9.17) is 5.26 Å². The van der Waals surface area contributed by atoms with Gasteiger partial charge in [0.05, 0.1) is 6.07 Å². The molecule has 1 heterocycles. The molecule has 3 nitrogen and oxygen atoms in total. The second kappa shape index (κ2) is 8.70. The maximum Gasteiger partial charge on any atom is 0.0635 e. The van der Waals surface area contributed by atoms with Crippen LogP contribution in [0.1, 0.15) is 34.1 Å². The lowest BCUT2D eigenvalue weighted by atomic mass is 10.2. The molecule has 0 amide bonds. The first-order chi connectivity index (χ1) is 7.24. The van der Waals surface area contributed by atoms with Gasteiger partial charge < -0.3 is 0 Å². The molecule has 0 saturated carbocycles. The monoisotopic (exact) mass is 211 g/mol. The Hall–Kier alpha value is -0.590. The summed E-state index contributed by atoms with van der Waals surface area (Å²) in [5.41, 5.74) is 0. The molecule has 0 atom stereocenters. The van der Waals surface area contributed by atoms with Crippen LogP contribution in [0.5, 0.6) is 0 Å². The minimum atomic E-state index is 0.665. The van der Waals surface area contributed by atoms with Crippen LogP contribution in [-0.4, -0.2) is 48.6 Å². The number of piperazine rings is 1. The fourth-order valence-electron chi connectivity index (χ4n) is 1.71. The number of nitrogens with zero attached hydrogens (tertiary/aromatic N) is 3. The zero-order valence-electron chi connectivity index (χ0n) is 10.7. The van der Waals surface area contributed by atoms with E-state index >= 15 is 0 Å². The van der Waals surface area contributed by atoms with Gasteiger partial charge >= 0.3 is 0 Å². The van der Waals surface area contributed by atoms with Gasteiger partial charge in [-0.05, 0) is 13.8 Å². The topological polar surface area (TPSA) is 30.3 Å². The third kappa shape index (κ3) is 5.76. The summed E-state index contributed by atoms with van der Waals surface area (Å²) in [6.45, 7) is 14.0. The van der Waals surface area contributed by atoms with Gasteiger partial charge in [-0.1, -0.05) is 13.8 Å². The van der Waals surface area contributed by atoms with E-state index in [1.165, 1.54) is 0 Å². The van der Waals surface area contributed by atoms with Crippen molar-refractivity contribution in [1.82, 2.24) is 9.80 Å². The third-order valence-corrected chi connectivity index (χ3v) is 2.68. The Labute approximate surface area is 94.7 Å². The molecule has 3 heteroatoms. The molecular weight excluding hydrogens is 186 g/mol. The molecule has 88 valence electrons. The lowest BCUT2D eigenvalue weighted by molar-refractivity contribution is 0.110. The second-order valence-electron chi connectivity index (χ2n) is 3.88. The Morgan fingerprint density at radius 3 is 2.07 bits per heavy atom. The van der Waals surface area contributed by atoms with Crippen LogP contribution in [-0.2, 0) is 0 Å². The van der Waals surface area contributed by atoms with Gasteiger partial charge in [0.15, 0.2) is 0 Å². The summed E-state index contributed by atoms with van der Waals surface area (Å²) in [5.74, 6) is 0. The fourth-order valence-corrected chi connectivity index (χ4v) is 1.71. The summed E-state index contributed by atoms with van der Waals surface area (Å²) in [7, 11) is 0. The van der Waals surface area contributed by atoms with Crippen molar-refractivity contribution >= 4 is 0 Å². The Bertz CT molecular complexity index is 176. The molecule has 1 aliphatic rings. The minimum Gasteiger partial charge on any atom is -0.300 e. The summed E-state index contributed by atoms with van der Waals surface area (Å²) in [5, 5.41) is 8.45. The molecule has 0 unspecified atom stereocenters. The molecule has 0 aromatic carbocycles. The molecule has 0 aliphatic carbocycles. The Morgan fingerprint density at radius 1 is 1.13 bits per heavy atom. The molecule has 1 saturated heterocycles. The van der Waals surface area contributed by atoms with Gasteiger partial charge in [-0.3, -0.25) is 9.80 Å². The molecule has 0 aromatic rings. The maximum atomic E-state index is 8.45. The van der Waals surface area contributed by atoms with E-state index in [9.17, 15) is 0 Å². The highest BCUT2D eigenvalue weighted by molar-refractivity contribution is 4.77. The van der Waals surface area contributed by atoms with Crippen LogP contribution in [0.25, 0.3) is 0 Å². The van der Waals surface area contributed by atoms with Crippen molar-refractivity contribution in [1.29, 1.82) is 5.26 Å². The number of rotatable bonds is 3. The van der Waals surface area contributed by atoms with Gasteiger partial charge in [0.25, 0.3) is 0 Å². The van der Waals surface area contributed by atoms with E-state index in [1.54, 1.807) is 0 Å². The molecule has 1 fully saturated rings. The largest absolute Gasteiger partial charge is 0.300 e. The summed E-state index contributed by atoms with van der Waals surface area (Å²) >= 11 is 0. The van der Waals surface area contributed by atoms with Crippen LogP contribution >= 0.6 is 0 Å². The molecule has 0 N–H and O–H groups in total. The standard InChI is InChI=1S/C10H19N3.C2H6/c1-10(2)13-8-6-12(7-9-13)5-3-4-11;1-2/h10H,3,5-9H2,1-2H3;1-2H3. The smallest absolute Gasteiger partial charge is 0.0635 e. The van der Waals surface area contributed by atoms with Gasteiger partial charge in [-0.15, -0.1) is 0 Å². The summed E-state index contributed by atoms with van der Waals surface area (Å²) < 4.78 is 0. The highest BCUT2D eigenvalue weighted by Crippen LogP contribution is 2.05. The maximum absolute atomic E-state index is 8.45. The number of hydrogen-bond donors (Lipinski definition) is 0. The SMILES string of the molecule is CC.CC(C)N1CCN(CCC#N)CC1. The first-order valence-corrected chi connectivity index (χ1v) is 6.07. The zero-order chi connectivity index (χ0) is 11.7. The van der Waals surface area contributed by atoms with E-state index < -0.39 is 0 Å². The molecule has 0 aromatic heterocycles. The molecule has 0 bridgehead atoms. The highest BCUT2D eigenvalue weighted by Gasteiger charge is 2.17. The van der Waals surface area contributed by atoms with Crippen molar-refractivity contribution in [2.75, 3.05) is 32.7 Å². The second-order valence-corrected chi connectivity index (χ2v) is 3.88. The number of hydrogen-bond acceptors (Lipinski definition) is 3. The molecule has 15 heavy (non-hydrogen) atoms. The van der Waals surface area contributed by atoms with Crippen LogP contribution in [0.4, 0.5) is 0 Å². The van der Waals surface area contributed by atoms with Gasteiger partial charge in [0.1, 0.15) is 0 Å². The van der Waals surface area contributed by atoms with Gasteiger partial charge in [0.2, 0.25) is 0 Å². The number of nitriles is 1. The average molecular weight is 211 g/mol. The normalized spacial score (nSPS) is 18.1. The summed E-state index contributed by atoms with van der Waals surface area (Å²) in [6.07, 6.45) is 0.668. The summed E-state index contributed by atoms with van der Waals surface area (Å²) in [4.78, 5) is 4.87. The molecule has 0 spiro atoms. The van der Waals surface area contributed by atoms with Crippen LogP contribution in [0.15, 0.2) is 0 Å². The fraction of sp³-hybridized carbons (Fsp3) is 0.917. The predicted molar refractivity (Wildman–Crippen MR) is 64.7 cm³/mol. The Kier molecular flexibility index (Phi) is 8.35. The van der Waals surface area contributed by atoms with Crippen LogP contribution < -0.4 is 0 Å². The van der Waals surface area contributed by atoms with E-state index in [1.807, 2.05) is 13.8 Å². The van der Waals surface area contributed by atoms with Crippen molar-refractivity contribution in [2.45, 2.75) is 40.2 Å². The Balaban J connectivity index is 0.000000921. The van der Waals surface area contributed by atoms with Gasteiger partial charge in [-0.2, -0.15) is 5.26 Å². The first kappa shape index (κ1) is 14.4. The minimum absolute atomic E-state index is 0.665. The van der Waals surface area contributed by atoms with Crippen molar-refractivity contribution in [2.24, 2.45) is 0 Å². The van der Waals surface area contributed by atoms with Crippen molar-refractivity contribution in [3.05, 3.63) is 0 Å². The summed E-state index contributed by atoms with van der Waals surface area (Å²) in [6, 6.07) is 2.86. The van der Waals surface area contributed by atoms with Gasteiger partial charge in [0, 0.05) is 45.2 Å². The van der Waals surface area contributed by atoms with Gasteiger partial charge in [-0.25, -0.2) is 0 Å².